The van der Waals surface area contributed by atoms with Crippen molar-refractivity contribution in [2.24, 2.45) is 0 Å². The minimum absolute atomic E-state index is 0.0819. The summed E-state index contributed by atoms with van der Waals surface area (Å²) in [6.45, 7) is 1.91. The molecule has 0 aliphatic carbocycles. The number of aliphatic hydroxyl groups is 1. The van der Waals surface area contributed by atoms with E-state index in [-0.39, 0.29) is 16.5 Å². The Labute approximate surface area is 210 Å². The molecule has 2 heterocycles. The number of aliphatic hydroxyl groups excluding tert-OH is 1. The van der Waals surface area contributed by atoms with Crippen LogP contribution in [0.25, 0.3) is 16.0 Å². The first-order valence-corrected chi connectivity index (χ1v) is 11.8. The standard InChI is InChI=1S/C27H21FN2O5S/c1-14-4-6-15(7-5-14)24(31)22-23(16-8-11-19(34-2)20(12-16)35-3)30(26(33)25(22)32)27-29-18-10-9-17(28)13-21(18)36-27/h4-13,23,31H,1-3H3/b24-22+/t23-/m0/s1. The lowest BCUT2D eigenvalue weighted by Crippen LogP contribution is -2.29. The summed E-state index contributed by atoms with van der Waals surface area (Å²) in [5.74, 6) is -1.57. The van der Waals surface area contributed by atoms with E-state index < -0.39 is 23.5 Å². The number of carbonyl (C=O) groups excluding carboxylic acids is 2. The van der Waals surface area contributed by atoms with Crippen LogP contribution in [0, 0.1) is 12.7 Å². The van der Waals surface area contributed by atoms with Crippen LogP contribution >= 0.6 is 11.3 Å². The van der Waals surface area contributed by atoms with E-state index in [0.29, 0.717) is 32.8 Å². The largest absolute Gasteiger partial charge is 0.507 e. The van der Waals surface area contributed by atoms with Gasteiger partial charge in [0.2, 0.25) is 0 Å². The van der Waals surface area contributed by atoms with Crippen LogP contribution in [-0.2, 0) is 9.59 Å². The summed E-state index contributed by atoms with van der Waals surface area (Å²) in [5, 5.41) is 11.5. The third-order valence-corrected chi connectivity index (χ3v) is 7.06. The molecule has 0 unspecified atom stereocenters. The number of rotatable bonds is 5. The Hall–Kier alpha value is -4.24. The maximum Gasteiger partial charge on any atom is 0.301 e. The van der Waals surface area contributed by atoms with Crippen LogP contribution in [0.3, 0.4) is 0 Å². The quantitative estimate of drug-likeness (QED) is 0.223. The molecule has 9 heteroatoms. The van der Waals surface area contributed by atoms with Crippen molar-refractivity contribution in [3.05, 3.63) is 88.7 Å². The van der Waals surface area contributed by atoms with Crippen LogP contribution in [0.1, 0.15) is 22.7 Å². The van der Waals surface area contributed by atoms with E-state index in [2.05, 4.69) is 4.98 Å². The lowest BCUT2D eigenvalue weighted by atomic mass is 9.95. The molecule has 1 N–H and O–H groups in total. The smallest absolute Gasteiger partial charge is 0.301 e. The first kappa shape index (κ1) is 23.5. The van der Waals surface area contributed by atoms with Gasteiger partial charge >= 0.3 is 5.91 Å². The first-order valence-electron chi connectivity index (χ1n) is 11.0. The van der Waals surface area contributed by atoms with Gasteiger partial charge < -0.3 is 14.6 Å². The van der Waals surface area contributed by atoms with Gasteiger partial charge in [0.25, 0.3) is 5.78 Å². The number of Topliss-reactive ketones (excluding diaryl/α,β-unsaturated/α-hetero) is 1. The Morgan fingerprint density at radius 3 is 2.42 bits per heavy atom. The molecule has 182 valence electrons. The molecule has 0 radical (unpaired) electrons. The molecule has 1 aliphatic heterocycles. The molecule has 1 amide bonds. The topological polar surface area (TPSA) is 89.0 Å². The second-order valence-electron chi connectivity index (χ2n) is 8.26. The average molecular weight is 505 g/mol. The van der Waals surface area contributed by atoms with E-state index in [4.69, 9.17) is 9.47 Å². The zero-order chi connectivity index (χ0) is 25.6. The highest BCUT2D eigenvalue weighted by molar-refractivity contribution is 7.22. The number of hydrogen-bond acceptors (Lipinski definition) is 7. The number of carbonyl (C=O) groups is 2. The Morgan fingerprint density at radius 2 is 1.72 bits per heavy atom. The zero-order valence-corrected chi connectivity index (χ0v) is 20.4. The molecule has 0 bridgehead atoms. The summed E-state index contributed by atoms with van der Waals surface area (Å²) in [7, 11) is 2.98. The molecule has 4 aromatic rings. The van der Waals surface area contributed by atoms with Crippen molar-refractivity contribution < 1.29 is 28.6 Å². The highest BCUT2D eigenvalue weighted by Crippen LogP contribution is 2.45. The second-order valence-corrected chi connectivity index (χ2v) is 9.27. The van der Waals surface area contributed by atoms with E-state index in [0.717, 1.165) is 16.9 Å². The van der Waals surface area contributed by atoms with Crippen molar-refractivity contribution in [3.63, 3.8) is 0 Å². The third-order valence-electron chi connectivity index (χ3n) is 6.04. The summed E-state index contributed by atoms with van der Waals surface area (Å²) >= 11 is 1.08. The van der Waals surface area contributed by atoms with Gasteiger partial charge in [0.1, 0.15) is 11.6 Å². The molecular formula is C27H21FN2O5S. The molecule has 1 saturated heterocycles. The number of benzene rings is 3. The van der Waals surface area contributed by atoms with Crippen molar-refractivity contribution >= 4 is 44.1 Å². The van der Waals surface area contributed by atoms with Gasteiger partial charge in [-0.3, -0.25) is 14.5 Å². The van der Waals surface area contributed by atoms with Crippen LogP contribution in [0.15, 0.2) is 66.2 Å². The third kappa shape index (κ3) is 3.87. The molecule has 36 heavy (non-hydrogen) atoms. The summed E-state index contributed by atoms with van der Waals surface area (Å²) in [4.78, 5) is 32.5. The highest BCUT2D eigenvalue weighted by atomic mass is 32.1. The van der Waals surface area contributed by atoms with Crippen LogP contribution in [0.4, 0.5) is 9.52 Å². The molecule has 0 spiro atoms. The fourth-order valence-corrected chi connectivity index (χ4v) is 5.24. The number of thiazole rings is 1. The van der Waals surface area contributed by atoms with E-state index in [9.17, 15) is 19.1 Å². The molecule has 0 saturated carbocycles. The fourth-order valence-electron chi connectivity index (χ4n) is 4.22. The normalized spacial score (nSPS) is 17.1. The fraction of sp³-hybridized carbons (Fsp3) is 0.148. The van der Waals surface area contributed by atoms with Crippen molar-refractivity contribution in [2.45, 2.75) is 13.0 Å². The number of fused-ring (bicyclic) bond motifs is 1. The Morgan fingerprint density at radius 1 is 1.00 bits per heavy atom. The SMILES string of the molecule is COc1ccc([C@H]2/C(=C(\O)c3ccc(C)cc3)C(=O)C(=O)N2c2nc3ccc(F)cc3s2)cc1OC. The minimum atomic E-state index is -1.00. The number of anilines is 1. The van der Waals surface area contributed by atoms with Gasteiger partial charge in [-0.1, -0.05) is 47.2 Å². The molecule has 1 aliphatic rings. The predicted octanol–water partition coefficient (Wildman–Crippen LogP) is 5.39. The number of halogens is 1. The van der Waals surface area contributed by atoms with Crippen LogP contribution in [0.2, 0.25) is 0 Å². The van der Waals surface area contributed by atoms with Crippen molar-refractivity contribution in [1.82, 2.24) is 4.98 Å². The minimum Gasteiger partial charge on any atom is -0.507 e. The van der Waals surface area contributed by atoms with Crippen LogP contribution in [-0.4, -0.2) is 36.0 Å². The maximum absolute atomic E-state index is 13.8. The number of ether oxygens (including phenoxy) is 2. The summed E-state index contributed by atoms with van der Waals surface area (Å²) in [6, 6.07) is 15.1. The second kappa shape index (κ2) is 9.09. The Bertz CT molecular complexity index is 1540. The van der Waals surface area contributed by atoms with E-state index in [1.807, 2.05) is 6.92 Å². The van der Waals surface area contributed by atoms with Gasteiger partial charge in [0.15, 0.2) is 16.6 Å². The highest BCUT2D eigenvalue weighted by Gasteiger charge is 2.48. The van der Waals surface area contributed by atoms with Crippen LogP contribution < -0.4 is 14.4 Å². The first-order chi connectivity index (χ1) is 17.3. The van der Waals surface area contributed by atoms with Crippen LogP contribution in [0.5, 0.6) is 11.5 Å². The summed E-state index contributed by atoms with van der Waals surface area (Å²) < 4.78 is 25.1. The van der Waals surface area contributed by atoms with Gasteiger partial charge in [0.05, 0.1) is 36.1 Å². The van der Waals surface area contributed by atoms with Gasteiger partial charge in [0, 0.05) is 5.56 Å². The Kier molecular flexibility index (Phi) is 5.93. The van der Waals surface area contributed by atoms with Gasteiger partial charge in [-0.05, 0) is 42.8 Å². The van der Waals surface area contributed by atoms with E-state index >= 15 is 0 Å². The monoisotopic (exact) mass is 504 g/mol. The Balaban J connectivity index is 1.75. The molecule has 1 aromatic heterocycles. The molecule has 5 rings (SSSR count). The maximum atomic E-state index is 13.8. The molecule has 1 atom stereocenters. The lowest BCUT2D eigenvalue weighted by molar-refractivity contribution is -0.132. The summed E-state index contributed by atoms with van der Waals surface area (Å²) in [6.07, 6.45) is 0. The number of nitrogens with zero attached hydrogens (tertiary/aromatic N) is 2. The van der Waals surface area contributed by atoms with Gasteiger partial charge in [-0.25, -0.2) is 9.37 Å². The van der Waals surface area contributed by atoms with Crippen molar-refractivity contribution in [1.29, 1.82) is 0 Å². The van der Waals surface area contributed by atoms with E-state index in [1.54, 1.807) is 42.5 Å². The molecule has 7 nitrogen and oxygen atoms in total. The molecule has 3 aromatic carbocycles. The predicted molar refractivity (Wildman–Crippen MR) is 135 cm³/mol. The molecular weight excluding hydrogens is 483 g/mol. The van der Waals surface area contributed by atoms with Crippen molar-refractivity contribution in [2.75, 3.05) is 19.1 Å². The van der Waals surface area contributed by atoms with Gasteiger partial charge in [-0.15, -0.1) is 0 Å². The average Bonchev–Trinajstić information content (AvgIpc) is 3.41. The number of amides is 1. The number of ketones is 1. The molecule has 1 fully saturated rings. The number of aryl methyl sites for hydroxylation is 1. The number of methoxy groups -OCH3 is 2. The van der Waals surface area contributed by atoms with Gasteiger partial charge in [-0.2, -0.15) is 0 Å². The number of hydrogen-bond donors (Lipinski definition) is 1. The lowest BCUT2D eigenvalue weighted by Gasteiger charge is -2.23. The zero-order valence-electron chi connectivity index (χ0n) is 19.6. The van der Waals surface area contributed by atoms with Crippen molar-refractivity contribution in [3.8, 4) is 11.5 Å². The summed E-state index contributed by atoms with van der Waals surface area (Å²) in [5.41, 5.74) is 2.29. The van der Waals surface area contributed by atoms with E-state index in [1.165, 1.54) is 37.3 Å². The number of aromatic nitrogens is 1.